The average molecular weight is 213 g/mol. The second-order valence-corrected chi connectivity index (χ2v) is 3.59. The zero-order valence-electron chi connectivity index (χ0n) is 8.84. The summed E-state index contributed by atoms with van der Waals surface area (Å²) in [6.45, 7) is 0.352. The molecule has 0 aliphatic carbocycles. The minimum absolute atomic E-state index is 0.0798. The van der Waals surface area contributed by atoms with Gasteiger partial charge in [0.05, 0.1) is 0 Å². The summed E-state index contributed by atoms with van der Waals surface area (Å²) in [6.07, 6.45) is 3.74. The number of anilines is 1. The Morgan fingerprint density at radius 2 is 1.69 bits per heavy atom. The van der Waals surface area contributed by atoms with Crippen molar-refractivity contribution in [1.29, 1.82) is 0 Å². The van der Waals surface area contributed by atoms with Crippen LogP contribution in [0.4, 0.5) is 5.69 Å². The smallest absolute Gasteiger partial charge is 0.227 e. The van der Waals surface area contributed by atoms with Crippen molar-refractivity contribution in [3.63, 3.8) is 0 Å². The number of benzene rings is 1. The number of carbonyl (C=O) groups is 1. The van der Waals surface area contributed by atoms with Gasteiger partial charge in [-0.2, -0.15) is 4.57 Å². The molecule has 16 heavy (non-hydrogen) atoms. The zero-order valence-corrected chi connectivity index (χ0v) is 8.84. The van der Waals surface area contributed by atoms with Gasteiger partial charge in [0.2, 0.25) is 12.3 Å². The summed E-state index contributed by atoms with van der Waals surface area (Å²) >= 11 is 0. The van der Waals surface area contributed by atoms with Crippen molar-refractivity contribution in [2.75, 3.05) is 5.73 Å². The summed E-state index contributed by atoms with van der Waals surface area (Å²) in [7, 11) is 0. The molecule has 0 amide bonds. The first-order chi connectivity index (χ1) is 7.75. The van der Waals surface area contributed by atoms with E-state index in [4.69, 9.17) is 5.73 Å². The number of hydrogen-bond donors (Lipinski definition) is 1. The molecule has 0 fully saturated rings. The minimum Gasteiger partial charge on any atom is -0.399 e. The predicted molar refractivity (Wildman–Crippen MR) is 61.8 cm³/mol. The van der Waals surface area contributed by atoms with E-state index in [0.717, 1.165) is 0 Å². The first-order valence-corrected chi connectivity index (χ1v) is 5.08. The number of carbonyl (C=O) groups excluding carboxylic acids is 1. The third-order valence-electron chi connectivity index (χ3n) is 2.34. The molecule has 0 unspecified atom stereocenters. The Morgan fingerprint density at radius 3 is 2.31 bits per heavy atom. The Labute approximate surface area is 94.1 Å². The number of nitrogens with zero attached hydrogens (tertiary/aromatic N) is 1. The van der Waals surface area contributed by atoms with Gasteiger partial charge in [0.1, 0.15) is 0 Å². The van der Waals surface area contributed by atoms with E-state index in [1.54, 1.807) is 24.3 Å². The Hall–Kier alpha value is -2.16. The molecule has 0 saturated carbocycles. The van der Waals surface area contributed by atoms with Crippen LogP contribution in [0.2, 0.25) is 0 Å². The van der Waals surface area contributed by atoms with Crippen LogP contribution in [0.1, 0.15) is 10.4 Å². The van der Waals surface area contributed by atoms with Crippen molar-refractivity contribution in [1.82, 2.24) is 0 Å². The standard InChI is InChI=1S/C13H12N2O/c14-12-6-4-11(5-7-12)13(16)10-15-8-2-1-3-9-15/h1-9H,10H2,(H-,14,16)/p+1. The SMILES string of the molecule is Nc1ccc(C(=O)C[n+]2ccccc2)cc1. The highest BCUT2D eigenvalue weighted by atomic mass is 16.1. The van der Waals surface area contributed by atoms with Gasteiger partial charge < -0.3 is 5.73 Å². The van der Waals surface area contributed by atoms with E-state index in [0.29, 0.717) is 17.8 Å². The molecule has 0 radical (unpaired) electrons. The van der Waals surface area contributed by atoms with Crippen LogP contribution in [0.25, 0.3) is 0 Å². The number of aromatic nitrogens is 1. The molecular formula is C13H13N2O+. The highest BCUT2D eigenvalue weighted by molar-refractivity contribution is 5.95. The van der Waals surface area contributed by atoms with Crippen molar-refractivity contribution in [2.45, 2.75) is 6.54 Å². The Kier molecular flexibility index (Phi) is 2.96. The van der Waals surface area contributed by atoms with Crippen LogP contribution in [0.5, 0.6) is 0 Å². The molecule has 0 aliphatic heterocycles. The number of ketones is 1. The maximum atomic E-state index is 11.9. The maximum Gasteiger partial charge on any atom is 0.227 e. The quantitative estimate of drug-likeness (QED) is 0.476. The van der Waals surface area contributed by atoms with Gasteiger partial charge in [0, 0.05) is 23.4 Å². The number of nitrogen functional groups attached to an aromatic ring is 1. The van der Waals surface area contributed by atoms with Crippen molar-refractivity contribution < 1.29 is 9.36 Å². The van der Waals surface area contributed by atoms with Crippen molar-refractivity contribution in [3.05, 3.63) is 60.4 Å². The Morgan fingerprint density at radius 1 is 1.06 bits per heavy atom. The number of pyridine rings is 1. The molecule has 0 atom stereocenters. The van der Waals surface area contributed by atoms with Gasteiger partial charge in [-0.1, -0.05) is 6.07 Å². The fraction of sp³-hybridized carbons (Fsp3) is 0.0769. The van der Waals surface area contributed by atoms with Gasteiger partial charge in [-0.15, -0.1) is 0 Å². The van der Waals surface area contributed by atoms with Crippen LogP contribution in [0.15, 0.2) is 54.9 Å². The lowest BCUT2D eigenvalue weighted by Gasteiger charge is -1.98. The molecule has 1 heterocycles. The van der Waals surface area contributed by atoms with Gasteiger partial charge in [-0.05, 0) is 24.3 Å². The first-order valence-electron chi connectivity index (χ1n) is 5.08. The molecule has 3 heteroatoms. The van der Waals surface area contributed by atoms with Crippen molar-refractivity contribution in [3.8, 4) is 0 Å². The van der Waals surface area contributed by atoms with E-state index in [2.05, 4.69) is 0 Å². The van der Waals surface area contributed by atoms with Crippen molar-refractivity contribution >= 4 is 11.5 Å². The summed E-state index contributed by atoms with van der Waals surface area (Å²) in [4.78, 5) is 11.9. The molecule has 0 aliphatic rings. The van der Waals surface area contributed by atoms with Crippen molar-refractivity contribution in [2.24, 2.45) is 0 Å². The largest absolute Gasteiger partial charge is 0.399 e. The molecule has 0 saturated heterocycles. The van der Waals surface area contributed by atoms with E-state index < -0.39 is 0 Å². The maximum absolute atomic E-state index is 11.9. The van der Waals surface area contributed by atoms with Crippen LogP contribution in [-0.4, -0.2) is 5.78 Å². The number of Topliss-reactive ketones (excluding diaryl/α,β-unsaturated/α-hetero) is 1. The topological polar surface area (TPSA) is 47.0 Å². The number of rotatable bonds is 3. The summed E-state index contributed by atoms with van der Waals surface area (Å²) in [6, 6.07) is 12.7. The Balaban J connectivity index is 2.12. The van der Waals surface area contributed by atoms with Gasteiger partial charge in [-0.3, -0.25) is 4.79 Å². The summed E-state index contributed by atoms with van der Waals surface area (Å²) in [5.74, 6) is 0.0798. The van der Waals surface area contributed by atoms with Crippen LogP contribution in [0.3, 0.4) is 0 Å². The second-order valence-electron chi connectivity index (χ2n) is 3.59. The molecule has 0 spiro atoms. The summed E-state index contributed by atoms with van der Waals surface area (Å²) < 4.78 is 1.85. The zero-order chi connectivity index (χ0) is 11.4. The van der Waals surface area contributed by atoms with Gasteiger partial charge >= 0.3 is 0 Å². The third-order valence-corrected chi connectivity index (χ3v) is 2.34. The average Bonchev–Trinajstić information content (AvgIpc) is 2.31. The van der Waals surface area contributed by atoms with Gasteiger partial charge in [-0.25, -0.2) is 0 Å². The molecule has 0 bridgehead atoms. The van der Waals surface area contributed by atoms with Crippen LogP contribution in [-0.2, 0) is 6.54 Å². The third kappa shape index (κ3) is 2.45. The normalized spacial score (nSPS) is 10.0. The molecule has 1 aromatic carbocycles. The van der Waals surface area contributed by atoms with E-state index >= 15 is 0 Å². The molecule has 80 valence electrons. The van der Waals surface area contributed by atoms with Crippen LogP contribution < -0.4 is 10.3 Å². The fourth-order valence-electron chi connectivity index (χ4n) is 1.47. The van der Waals surface area contributed by atoms with E-state index in [1.165, 1.54) is 0 Å². The lowest BCUT2D eigenvalue weighted by molar-refractivity contribution is -0.683. The van der Waals surface area contributed by atoms with E-state index in [1.807, 2.05) is 35.2 Å². The number of nitrogens with two attached hydrogens (primary N) is 1. The highest BCUT2D eigenvalue weighted by Crippen LogP contribution is 2.06. The molecule has 2 aromatic rings. The van der Waals surface area contributed by atoms with Crippen LogP contribution >= 0.6 is 0 Å². The highest BCUT2D eigenvalue weighted by Gasteiger charge is 2.10. The molecule has 3 nitrogen and oxygen atoms in total. The second kappa shape index (κ2) is 4.57. The molecule has 2 N–H and O–H groups in total. The summed E-state index contributed by atoms with van der Waals surface area (Å²) in [5, 5.41) is 0. The van der Waals surface area contributed by atoms with E-state index in [-0.39, 0.29) is 5.78 Å². The van der Waals surface area contributed by atoms with Gasteiger partial charge in [0.25, 0.3) is 0 Å². The lowest BCUT2D eigenvalue weighted by Crippen LogP contribution is -2.36. The van der Waals surface area contributed by atoms with E-state index in [9.17, 15) is 4.79 Å². The molecule has 2 rings (SSSR count). The predicted octanol–water partition coefficient (Wildman–Crippen LogP) is 1.44. The van der Waals surface area contributed by atoms with Gasteiger partial charge in [0.15, 0.2) is 12.4 Å². The van der Waals surface area contributed by atoms with Crippen LogP contribution in [0, 0.1) is 0 Å². The Bertz CT molecular complexity index is 477. The fourth-order valence-corrected chi connectivity index (χ4v) is 1.47. The number of hydrogen-bond acceptors (Lipinski definition) is 2. The lowest BCUT2D eigenvalue weighted by atomic mass is 10.1. The first kappa shape index (κ1) is 10.4. The summed E-state index contributed by atoms with van der Waals surface area (Å²) in [5.41, 5.74) is 6.92. The minimum atomic E-state index is 0.0798. The molecular weight excluding hydrogens is 200 g/mol. The molecule has 1 aromatic heterocycles. The monoisotopic (exact) mass is 213 g/mol.